The molecule has 0 aromatic heterocycles. The first-order valence-corrected chi connectivity index (χ1v) is 7.04. The number of carboxylic acids is 1. The summed E-state index contributed by atoms with van der Waals surface area (Å²) in [5.74, 6) is -0.662. The summed E-state index contributed by atoms with van der Waals surface area (Å²) in [4.78, 5) is 22.5. The first kappa shape index (κ1) is 16.8. The van der Waals surface area contributed by atoms with E-state index in [0.29, 0.717) is 26.2 Å². The van der Waals surface area contributed by atoms with E-state index in [1.807, 2.05) is 0 Å². The van der Waals surface area contributed by atoms with Gasteiger partial charge < -0.3 is 19.9 Å². The third-order valence-corrected chi connectivity index (χ3v) is 3.28. The Hall–Kier alpha value is -1.30. The van der Waals surface area contributed by atoms with Crippen LogP contribution in [0.3, 0.4) is 0 Å². The molecule has 0 radical (unpaired) electrons. The number of carbonyl (C=O) groups excluding carboxylic acids is 1. The molecule has 0 aliphatic carbocycles. The van der Waals surface area contributed by atoms with Gasteiger partial charge in [-0.2, -0.15) is 0 Å². The second-order valence-electron chi connectivity index (χ2n) is 6.19. The summed E-state index contributed by atoms with van der Waals surface area (Å²) in [5, 5.41) is 11.7. The molecular weight excluding hydrogens is 262 g/mol. The minimum atomic E-state index is -0.806. The van der Waals surface area contributed by atoms with Gasteiger partial charge in [0.05, 0.1) is 0 Å². The molecule has 0 aromatic carbocycles. The molecular formula is C14H25NO5. The van der Waals surface area contributed by atoms with Crippen LogP contribution in [0.5, 0.6) is 0 Å². The van der Waals surface area contributed by atoms with E-state index in [9.17, 15) is 9.59 Å². The van der Waals surface area contributed by atoms with Crippen LogP contribution in [0.1, 0.15) is 40.0 Å². The lowest BCUT2D eigenvalue weighted by Gasteiger charge is -2.25. The summed E-state index contributed by atoms with van der Waals surface area (Å²) in [5.41, 5.74) is -0.531. The van der Waals surface area contributed by atoms with E-state index in [2.05, 4.69) is 5.32 Å². The standard InChI is InChI=1S/C14H25NO5/c1-14(2,3)20-13(18)15-9-11-5-7-19-6-4-10(11)8-12(16)17/h10-11H,4-9H2,1-3H3,(H,15,18)(H,16,17). The number of rotatable bonds is 4. The fraction of sp³-hybridized carbons (Fsp3) is 0.857. The quantitative estimate of drug-likeness (QED) is 0.826. The largest absolute Gasteiger partial charge is 0.481 e. The zero-order valence-corrected chi connectivity index (χ0v) is 12.5. The van der Waals surface area contributed by atoms with Crippen molar-refractivity contribution in [1.29, 1.82) is 0 Å². The van der Waals surface area contributed by atoms with Crippen LogP contribution >= 0.6 is 0 Å². The van der Waals surface area contributed by atoms with Crippen molar-refractivity contribution in [2.45, 2.75) is 45.6 Å². The molecule has 2 unspecified atom stereocenters. The number of carboxylic acid groups (broad SMARTS) is 1. The number of nitrogens with one attached hydrogen (secondary N) is 1. The van der Waals surface area contributed by atoms with Gasteiger partial charge in [0.25, 0.3) is 0 Å². The predicted octanol–water partition coefficient (Wildman–Crippen LogP) is 2.03. The van der Waals surface area contributed by atoms with E-state index in [4.69, 9.17) is 14.6 Å². The number of carbonyl (C=O) groups is 2. The highest BCUT2D eigenvalue weighted by atomic mass is 16.6. The molecule has 1 aliphatic rings. The van der Waals surface area contributed by atoms with Crippen molar-refractivity contribution in [2.24, 2.45) is 11.8 Å². The van der Waals surface area contributed by atoms with Gasteiger partial charge >= 0.3 is 12.1 Å². The lowest BCUT2D eigenvalue weighted by Crippen LogP contribution is -2.37. The summed E-state index contributed by atoms with van der Waals surface area (Å²) >= 11 is 0. The normalized spacial score (nSPS) is 23.8. The summed E-state index contributed by atoms with van der Waals surface area (Å²) in [6.07, 6.45) is 1.13. The Kier molecular flexibility index (Phi) is 6.26. The minimum Gasteiger partial charge on any atom is -0.481 e. The molecule has 0 bridgehead atoms. The van der Waals surface area contributed by atoms with Crippen LogP contribution < -0.4 is 5.32 Å². The fourth-order valence-electron chi connectivity index (χ4n) is 2.33. The number of amides is 1. The Morgan fingerprint density at radius 3 is 2.40 bits per heavy atom. The highest BCUT2D eigenvalue weighted by molar-refractivity contribution is 5.68. The second-order valence-corrected chi connectivity index (χ2v) is 6.19. The summed E-state index contributed by atoms with van der Waals surface area (Å²) in [6.45, 7) is 7.03. The molecule has 2 atom stereocenters. The van der Waals surface area contributed by atoms with E-state index < -0.39 is 17.7 Å². The number of aliphatic carboxylic acids is 1. The van der Waals surface area contributed by atoms with Crippen molar-refractivity contribution >= 4 is 12.1 Å². The van der Waals surface area contributed by atoms with Gasteiger partial charge in [0.1, 0.15) is 5.60 Å². The van der Waals surface area contributed by atoms with Crippen LogP contribution in [0, 0.1) is 11.8 Å². The Morgan fingerprint density at radius 1 is 1.25 bits per heavy atom. The maximum absolute atomic E-state index is 11.6. The highest BCUT2D eigenvalue weighted by Crippen LogP contribution is 2.25. The average Bonchev–Trinajstić information content (AvgIpc) is 2.49. The van der Waals surface area contributed by atoms with Crippen molar-refractivity contribution in [1.82, 2.24) is 5.32 Å². The second kappa shape index (κ2) is 7.47. The van der Waals surface area contributed by atoms with E-state index in [0.717, 1.165) is 6.42 Å². The molecule has 2 N–H and O–H groups in total. The first-order valence-electron chi connectivity index (χ1n) is 7.04. The Morgan fingerprint density at radius 2 is 1.85 bits per heavy atom. The number of alkyl carbamates (subject to hydrolysis) is 1. The molecule has 6 heteroatoms. The predicted molar refractivity (Wildman–Crippen MR) is 73.5 cm³/mol. The number of hydrogen-bond acceptors (Lipinski definition) is 4. The van der Waals surface area contributed by atoms with Crippen molar-refractivity contribution in [3.05, 3.63) is 0 Å². The van der Waals surface area contributed by atoms with Gasteiger partial charge in [-0.25, -0.2) is 4.79 Å². The van der Waals surface area contributed by atoms with Crippen LogP contribution in [-0.2, 0) is 14.3 Å². The van der Waals surface area contributed by atoms with E-state index in [-0.39, 0.29) is 18.3 Å². The SMILES string of the molecule is CC(C)(C)OC(=O)NCC1CCOCCC1CC(=O)O. The molecule has 1 saturated heterocycles. The Labute approximate surface area is 119 Å². The van der Waals surface area contributed by atoms with Gasteiger partial charge in [-0.05, 0) is 45.4 Å². The van der Waals surface area contributed by atoms with Crippen LogP contribution in [0.25, 0.3) is 0 Å². The third kappa shape index (κ3) is 6.75. The molecule has 0 aromatic rings. The monoisotopic (exact) mass is 287 g/mol. The lowest BCUT2D eigenvalue weighted by atomic mass is 9.85. The molecule has 1 amide bonds. The van der Waals surface area contributed by atoms with Crippen LogP contribution in [0.15, 0.2) is 0 Å². The summed E-state index contributed by atoms with van der Waals surface area (Å²) < 4.78 is 10.6. The smallest absolute Gasteiger partial charge is 0.407 e. The molecule has 1 rings (SSSR count). The van der Waals surface area contributed by atoms with E-state index >= 15 is 0 Å². The molecule has 20 heavy (non-hydrogen) atoms. The van der Waals surface area contributed by atoms with Crippen LogP contribution in [0.4, 0.5) is 4.79 Å². The average molecular weight is 287 g/mol. The van der Waals surface area contributed by atoms with Gasteiger partial charge in [0.15, 0.2) is 0 Å². The minimum absolute atomic E-state index is 0.0323. The van der Waals surface area contributed by atoms with Crippen molar-refractivity contribution in [2.75, 3.05) is 19.8 Å². The van der Waals surface area contributed by atoms with Crippen molar-refractivity contribution in [3.63, 3.8) is 0 Å². The highest BCUT2D eigenvalue weighted by Gasteiger charge is 2.27. The molecule has 1 aliphatic heterocycles. The lowest BCUT2D eigenvalue weighted by molar-refractivity contribution is -0.138. The molecule has 1 heterocycles. The molecule has 0 spiro atoms. The summed E-state index contributed by atoms with van der Waals surface area (Å²) in [6, 6.07) is 0. The van der Waals surface area contributed by atoms with Gasteiger partial charge in [-0.3, -0.25) is 4.79 Å². The van der Waals surface area contributed by atoms with E-state index in [1.165, 1.54) is 0 Å². The molecule has 6 nitrogen and oxygen atoms in total. The summed E-state index contributed by atoms with van der Waals surface area (Å²) in [7, 11) is 0. The van der Waals surface area contributed by atoms with Gasteiger partial charge in [0.2, 0.25) is 0 Å². The zero-order chi connectivity index (χ0) is 15.2. The Bertz CT molecular complexity index is 337. The van der Waals surface area contributed by atoms with Gasteiger partial charge in [-0.15, -0.1) is 0 Å². The van der Waals surface area contributed by atoms with Crippen molar-refractivity contribution in [3.8, 4) is 0 Å². The first-order chi connectivity index (χ1) is 9.28. The maximum atomic E-state index is 11.6. The number of hydrogen-bond donors (Lipinski definition) is 2. The Balaban J connectivity index is 2.48. The third-order valence-electron chi connectivity index (χ3n) is 3.28. The fourth-order valence-corrected chi connectivity index (χ4v) is 2.33. The molecule has 0 saturated carbocycles. The zero-order valence-electron chi connectivity index (χ0n) is 12.5. The van der Waals surface area contributed by atoms with Crippen LogP contribution in [0.2, 0.25) is 0 Å². The number of ether oxygens (including phenoxy) is 2. The van der Waals surface area contributed by atoms with Crippen molar-refractivity contribution < 1.29 is 24.2 Å². The van der Waals surface area contributed by atoms with Gasteiger partial charge in [0, 0.05) is 26.2 Å². The molecule has 1 fully saturated rings. The van der Waals surface area contributed by atoms with Crippen LogP contribution in [-0.4, -0.2) is 42.5 Å². The van der Waals surface area contributed by atoms with Gasteiger partial charge in [-0.1, -0.05) is 0 Å². The maximum Gasteiger partial charge on any atom is 0.407 e. The molecule has 116 valence electrons. The van der Waals surface area contributed by atoms with E-state index in [1.54, 1.807) is 20.8 Å². The topological polar surface area (TPSA) is 84.9 Å².